The lowest BCUT2D eigenvalue weighted by molar-refractivity contribution is 0.626. The van der Waals surface area contributed by atoms with Crippen LogP contribution in [-0.4, -0.2) is 0 Å². The van der Waals surface area contributed by atoms with Crippen molar-refractivity contribution in [2.45, 2.75) is 19.9 Å². The molecule has 1 unspecified atom stereocenters. The number of anilines is 1. The molecule has 1 atom stereocenters. The minimum absolute atomic E-state index is 0.0204. The van der Waals surface area contributed by atoms with Crippen molar-refractivity contribution < 1.29 is 4.39 Å². The van der Waals surface area contributed by atoms with Gasteiger partial charge in [-0.2, -0.15) is 0 Å². The Morgan fingerprint density at radius 1 is 1.11 bits per heavy atom. The molecule has 0 bridgehead atoms. The van der Waals surface area contributed by atoms with Crippen LogP contribution in [0.25, 0.3) is 0 Å². The Morgan fingerprint density at radius 3 is 2.47 bits per heavy atom. The zero-order valence-electron chi connectivity index (χ0n) is 10.7. The van der Waals surface area contributed by atoms with Crippen molar-refractivity contribution in [2.75, 3.05) is 5.32 Å². The first kappa shape index (κ1) is 14.2. The van der Waals surface area contributed by atoms with Crippen molar-refractivity contribution >= 4 is 28.9 Å². The van der Waals surface area contributed by atoms with Crippen LogP contribution in [0.15, 0.2) is 36.4 Å². The second-order valence-corrected chi connectivity index (χ2v) is 5.33. The second-order valence-electron chi connectivity index (χ2n) is 4.49. The Morgan fingerprint density at radius 2 is 1.84 bits per heavy atom. The molecule has 1 N–H and O–H groups in total. The van der Waals surface area contributed by atoms with Gasteiger partial charge in [0.05, 0.1) is 6.04 Å². The predicted molar refractivity (Wildman–Crippen MR) is 79.6 cm³/mol. The molecule has 2 aromatic rings. The van der Waals surface area contributed by atoms with Crippen molar-refractivity contribution in [2.24, 2.45) is 0 Å². The van der Waals surface area contributed by atoms with E-state index in [1.165, 1.54) is 12.1 Å². The molecule has 1 nitrogen and oxygen atoms in total. The van der Waals surface area contributed by atoms with Gasteiger partial charge in [0, 0.05) is 15.7 Å². The van der Waals surface area contributed by atoms with E-state index in [4.69, 9.17) is 23.2 Å². The first-order valence-corrected chi connectivity index (χ1v) is 6.70. The van der Waals surface area contributed by atoms with Gasteiger partial charge in [0.25, 0.3) is 0 Å². The summed E-state index contributed by atoms with van der Waals surface area (Å²) in [6, 6.07) is 10.1. The Kier molecular flexibility index (Phi) is 4.33. The normalized spacial score (nSPS) is 12.3. The standard InChI is InChI=1S/C15H14Cl2FN/c1-9-7-11(16)3-6-15(9)19-10(2)13-5-4-12(18)8-14(13)17/h3-8,10,19H,1-2H3. The van der Waals surface area contributed by atoms with E-state index in [0.29, 0.717) is 10.0 Å². The summed E-state index contributed by atoms with van der Waals surface area (Å²) >= 11 is 12.0. The lowest BCUT2D eigenvalue weighted by atomic mass is 10.1. The third-order valence-corrected chi connectivity index (χ3v) is 3.55. The third kappa shape index (κ3) is 3.40. The summed E-state index contributed by atoms with van der Waals surface area (Å²) in [5.74, 6) is -0.330. The van der Waals surface area contributed by atoms with Gasteiger partial charge in [-0.05, 0) is 55.3 Å². The smallest absolute Gasteiger partial charge is 0.124 e. The fourth-order valence-electron chi connectivity index (χ4n) is 1.95. The summed E-state index contributed by atoms with van der Waals surface area (Å²) in [5, 5.41) is 4.48. The Bertz CT molecular complexity index is 599. The molecule has 0 spiro atoms. The summed E-state index contributed by atoms with van der Waals surface area (Å²) in [6.45, 7) is 3.96. The Labute approximate surface area is 122 Å². The summed E-state index contributed by atoms with van der Waals surface area (Å²) in [4.78, 5) is 0. The number of rotatable bonds is 3. The molecule has 19 heavy (non-hydrogen) atoms. The van der Waals surface area contributed by atoms with Gasteiger partial charge in [-0.25, -0.2) is 4.39 Å². The Balaban J connectivity index is 2.23. The minimum atomic E-state index is -0.330. The average molecular weight is 298 g/mol. The quantitative estimate of drug-likeness (QED) is 0.776. The number of aryl methyl sites for hydroxylation is 1. The highest BCUT2D eigenvalue weighted by atomic mass is 35.5. The monoisotopic (exact) mass is 297 g/mol. The van der Waals surface area contributed by atoms with Crippen LogP contribution in [-0.2, 0) is 0 Å². The molecule has 0 radical (unpaired) electrons. The molecular formula is C15H14Cl2FN. The number of hydrogen-bond acceptors (Lipinski definition) is 1. The van der Waals surface area contributed by atoms with Crippen molar-refractivity contribution in [3.8, 4) is 0 Å². The second kappa shape index (κ2) is 5.81. The molecule has 4 heteroatoms. The lowest BCUT2D eigenvalue weighted by Crippen LogP contribution is -2.08. The van der Waals surface area contributed by atoms with Crippen LogP contribution in [0, 0.1) is 12.7 Å². The first-order chi connectivity index (χ1) is 8.97. The molecule has 2 rings (SSSR count). The molecule has 0 fully saturated rings. The van der Waals surface area contributed by atoms with Gasteiger partial charge < -0.3 is 5.32 Å². The van der Waals surface area contributed by atoms with E-state index in [9.17, 15) is 4.39 Å². The van der Waals surface area contributed by atoms with Crippen LogP contribution in [0.4, 0.5) is 10.1 Å². The predicted octanol–water partition coefficient (Wildman–Crippen LogP) is 5.61. The van der Waals surface area contributed by atoms with Gasteiger partial charge in [-0.15, -0.1) is 0 Å². The fraction of sp³-hybridized carbons (Fsp3) is 0.200. The van der Waals surface area contributed by atoms with Crippen molar-refractivity contribution in [1.82, 2.24) is 0 Å². The maximum atomic E-state index is 13.0. The topological polar surface area (TPSA) is 12.0 Å². The van der Waals surface area contributed by atoms with Crippen LogP contribution in [0.5, 0.6) is 0 Å². The van der Waals surface area contributed by atoms with E-state index in [1.807, 2.05) is 32.0 Å². The lowest BCUT2D eigenvalue weighted by Gasteiger charge is -2.18. The van der Waals surface area contributed by atoms with Gasteiger partial charge in [0.2, 0.25) is 0 Å². The minimum Gasteiger partial charge on any atom is -0.378 e. The van der Waals surface area contributed by atoms with E-state index in [0.717, 1.165) is 16.8 Å². The highest BCUT2D eigenvalue weighted by Gasteiger charge is 2.11. The highest BCUT2D eigenvalue weighted by Crippen LogP contribution is 2.28. The number of benzene rings is 2. The fourth-order valence-corrected chi connectivity index (χ4v) is 2.51. The van der Waals surface area contributed by atoms with Crippen molar-refractivity contribution in [3.63, 3.8) is 0 Å². The molecule has 100 valence electrons. The molecule has 0 amide bonds. The summed E-state index contributed by atoms with van der Waals surface area (Å²) in [7, 11) is 0. The first-order valence-electron chi connectivity index (χ1n) is 5.95. The molecule has 2 aromatic carbocycles. The van der Waals surface area contributed by atoms with Crippen molar-refractivity contribution in [3.05, 3.63) is 63.4 Å². The van der Waals surface area contributed by atoms with Gasteiger partial charge in [0.1, 0.15) is 5.82 Å². The van der Waals surface area contributed by atoms with Crippen LogP contribution < -0.4 is 5.32 Å². The summed E-state index contributed by atoms with van der Waals surface area (Å²) in [6.07, 6.45) is 0. The SMILES string of the molecule is Cc1cc(Cl)ccc1NC(C)c1ccc(F)cc1Cl. The van der Waals surface area contributed by atoms with Crippen LogP contribution in [0.2, 0.25) is 10.0 Å². The molecule has 0 aliphatic rings. The van der Waals surface area contributed by atoms with Gasteiger partial charge in [0.15, 0.2) is 0 Å². The highest BCUT2D eigenvalue weighted by molar-refractivity contribution is 6.31. The van der Waals surface area contributed by atoms with E-state index in [1.54, 1.807) is 6.07 Å². The molecule has 0 aliphatic carbocycles. The van der Waals surface area contributed by atoms with Crippen molar-refractivity contribution in [1.29, 1.82) is 0 Å². The van der Waals surface area contributed by atoms with E-state index in [-0.39, 0.29) is 11.9 Å². The molecular weight excluding hydrogens is 284 g/mol. The van der Waals surface area contributed by atoms with Gasteiger partial charge in [-0.3, -0.25) is 0 Å². The zero-order valence-corrected chi connectivity index (χ0v) is 12.2. The molecule has 0 saturated heterocycles. The molecule has 0 saturated carbocycles. The number of halogens is 3. The average Bonchev–Trinajstić information content (AvgIpc) is 2.32. The van der Waals surface area contributed by atoms with E-state index >= 15 is 0 Å². The van der Waals surface area contributed by atoms with Gasteiger partial charge >= 0.3 is 0 Å². The van der Waals surface area contributed by atoms with Crippen LogP contribution in [0.1, 0.15) is 24.1 Å². The summed E-state index contributed by atoms with van der Waals surface area (Å²) < 4.78 is 13.0. The number of nitrogens with one attached hydrogen (secondary N) is 1. The van der Waals surface area contributed by atoms with Crippen LogP contribution in [0.3, 0.4) is 0 Å². The Hall–Kier alpha value is -1.25. The van der Waals surface area contributed by atoms with Crippen LogP contribution >= 0.6 is 23.2 Å². The zero-order chi connectivity index (χ0) is 14.0. The van der Waals surface area contributed by atoms with Gasteiger partial charge in [-0.1, -0.05) is 29.3 Å². The molecule has 0 aliphatic heterocycles. The van der Waals surface area contributed by atoms with E-state index < -0.39 is 0 Å². The summed E-state index contributed by atoms with van der Waals surface area (Å²) in [5.41, 5.74) is 2.90. The molecule has 0 heterocycles. The molecule has 0 aromatic heterocycles. The maximum absolute atomic E-state index is 13.0. The number of hydrogen-bond donors (Lipinski definition) is 1. The largest absolute Gasteiger partial charge is 0.378 e. The van der Waals surface area contributed by atoms with E-state index in [2.05, 4.69) is 5.32 Å². The maximum Gasteiger partial charge on any atom is 0.124 e. The third-order valence-electron chi connectivity index (χ3n) is 2.99.